The number of halogens is 1. The molecular weight excluding hydrogens is 430 g/mol. The first kappa shape index (κ1) is 22.7. The zero-order valence-corrected chi connectivity index (χ0v) is 17.9. The van der Waals surface area contributed by atoms with Gasteiger partial charge in [-0.25, -0.2) is 10.2 Å². The molecule has 0 fully saturated rings. The van der Waals surface area contributed by atoms with Gasteiger partial charge >= 0.3 is 5.97 Å². The first-order valence-corrected chi connectivity index (χ1v) is 10.0. The fraction of sp³-hybridized carbons (Fsp3) is 0.0833. The van der Waals surface area contributed by atoms with E-state index in [-0.39, 0.29) is 18.0 Å². The monoisotopic (exact) mass is 449 g/mol. The number of hydrogen-bond donors (Lipinski definition) is 2. The van der Waals surface area contributed by atoms with Crippen molar-refractivity contribution in [3.8, 4) is 5.75 Å². The highest BCUT2D eigenvalue weighted by molar-refractivity contribution is 6.33. The average Bonchev–Trinajstić information content (AvgIpc) is 2.79. The van der Waals surface area contributed by atoms with Crippen LogP contribution in [0.5, 0.6) is 5.75 Å². The molecular formula is C24H20ClN3O4. The Morgan fingerprint density at radius 2 is 1.75 bits per heavy atom. The third kappa shape index (κ3) is 6.52. The lowest BCUT2D eigenvalue weighted by molar-refractivity contribution is -0.120. The number of benzene rings is 3. The lowest BCUT2D eigenvalue weighted by Gasteiger charge is -2.06. The van der Waals surface area contributed by atoms with Gasteiger partial charge in [-0.1, -0.05) is 41.4 Å². The number of nitrogens with zero attached hydrogens (tertiary/aromatic N) is 1. The SMILES string of the molecule is Cc1cccc(C(=O)NCC(=O)NN=Cc2ccc(OC(=O)c3ccccc3Cl)cc2)c1. The Morgan fingerprint density at radius 3 is 2.47 bits per heavy atom. The van der Waals surface area contributed by atoms with E-state index in [1.165, 1.54) is 6.21 Å². The average molecular weight is 450 g/mol. The van der Waals surface area contributed by atoms with E-state index in [1.54, 1.807) is 66.7 Å². The number of carbonyl (C=O) groups is 3. The molecule has 8 heteroatoms. The van der Waals surface area contributed by atoms with Crippen LogP contribution in [0.2, 0.25) is 5.02 Å². The Balaban J connectivity index is 1.46. The highest BCUT2D eigenvalue weighted by Crippen LogP contribution is 2.18. The van der Waals surface area contributed by atoms with Gasteiger partial charge in [-0.05, 0) is 61.0 Å². The van der Waals surface area contributed by atoms with Crippen LogP contribution >= 0.6 is 11.6 Å². The minimum Gasteiger partial charge on any atom is -0.423 e. The third-order valence-corrected chi connectivity index (χ3v) is 4.61. The predicted molar refractivity (Wildman–Crippen MR) is 122 cm³/mol. The molecule has 0 radical (unpaired) electrons. The van der Waals surface area contributed by atoms with E-state index in [0.717, 1.165) is 5.56 Å². The van der Waals surface area contributed by atoms with Crippen LogP contribution in [0.3, 0.4) is 0 Å². The molecule has 0 aliphatic heterocycles. The number of nitrogens with one attached hydrogen (secondary N) is 2. The van der Waals surface area contributed by atoms with Crippen LogP contribution in [0.15, 0.2) is 77.9 Å². The van der Waals surface area contributed by atoms with Gasteiger partial charge in [0.25, 0.3) is 11.8 Å². The second-order valence-corrected chi connectivity index (χ2v) is 7.19. The Labute approximate surface area is 190 Å². The number of aryl methyl sites for hydroxylation is 1. The Hall–Kier alpha value is -3.97. The van der Waals surface area contributed by atoms with Gasteiger partial charge in [-0.2, -0.15) is 5.10 Å². The van der Waals surface area contributed by atoms with Crippen LogP contribution in [0.4, 0.5) is 0 Å². The number of esters is 1. The summed E-state index contributed by atoms with van der Waals surface area (Å²) in [6.07, 6.45) is 1.43. The van der Waals surface area contributed by atoms with E-state index < -0.39 is 11.9 Å². The van der Waals surface area contributed by atoms with Crippen molar-refractivity contribution in [3.05, 3.63) is 100 Å². The minimum atomic E-state index is -0.558. The largest absolute Gasteiger partial charge is 0.423 e. The summed E-state index contributed by atoms with van der Waals surface area (Å²) in [6.45, 7) is 1.68. The predicted octanol–water partition coefficient (Wildman–Crippen LogP) is 3.75. The molecule has 0 saturated heterocycles. The standard InChI is InChI=1S/C24H20ClN3O4/c1-16-5-4-6-18(13-16)23(30)26-15-22(29)28-27-14-17-9-11-19(12-10-17)32-24(31)20-7-2-3-8-21(20)25/h2-14H,15H2,1H3,(H,26,30)(H,28,29). The van der Waals surface area contributed by atoms with Crippen molar-refractivity contribution in [2.45, 2.75) is 6.92 Å². The van der Waals surface area contributed by atoms with Crippen molar-refractivity contribution < 1.29 is 19.1 Å². The van der Waals surface area contributed by atoms with E-state index >= 15 is 0 Å². The first-order chi connectivity index (χ1) is 15.4. The van der Waals surface area contributed by atoms with Crippen LogP contribution in [0.1, 0.15) is 31.8 Å². The third-order valence-electron chi connectivity index (χ3n) is 4.28. The molecule has 3 aromatic rings. The van der Waals surface area contributed by atoms with Gasteiger partial charge < -0.3 is 10.1 Å². The molecule has 0 unspecified atom stereocenters. The fourth-order valence-corrected chi connectivity index (χ4v) is 2.89. The van der Waals surface area contributed by atoms with Gasteiger partial charge in [-0.3, -0.25) is 9.59 Å². The van der Waals surface area contributed by atoms with Crippen LogP contribution in [0.25, 0.3) is 0 Å². The van der Waals surface area contributed by atoms with Gasteiger partial charge in [-0.15, -0.1) is 0 Å². The lowest BCUT2D eigenvalue weighted by atomic mass is 10.1. The second kappa shape index (κ2) is 10.9. The molecule has 0 spiro atoms. The summed E-state index contributed by atoms with van der Waals surface area (Å²) < 4.78 is 5.30. The van der Waals surface area contributed by atoms with Gasteiger partial charge in [0.2, 0.25) is 0 Å². The minimum absolute atomic E-state index is 0.207. The molecule has 0 bridgehead atoms. The van der Waals surface area contributed by atoms with Gasteiger partial charge in [0.1, 0.15) is 5.75 Å². The zero-order valence-electron chi connectivity index (χ0n) is 17.2. The number of hydrazone groups is 1. The molecule has 0 saturated carbocycles. The Kier molecular flexibility index (Phi) is 7.72. The summed E-state index contributed by atoms with van der Waals surface area (Å²) >= 11 is 5.99. The first-order valence-electron chi connectivity index (χ1n) is 9.66. The molecule has 0 aliphatic rings. The zero-order chi connectivity index (χ0) is 22.9. The maximum atomic E-state index is 12.2. The highest BCUT2D eigenvalue weighted by atomic mass is 35.5. The van der Waals surface area contributed by atoms with Crippen LogP contribution in [-0.4, -0.2) is 30.5 Å². The van der Waals surface area contributed by atoms with Crippen molar-refractivity contribution in [1.29, 1.82) is 0 Å². The number of hydrogen-bond acceptors (Lipinski definition) is 5. The summed E-state index contributed by atoms with van der Waals surface area (Å²) in [5.41, 5.74) is 4.73. The Bertz CT molecular complexity index is 1160. The van der Waals surface area contributed by atoms with Crippen molar-refractivity contribution in [1.82, 2.24) is 10.7 Å². The molecule has 2 amide bonds. The molecule has 0 atom stereocenters. The van der Waals surface area contributed by atoms with Crippen LogP contribution in [-0.2, 0) is 4.79 Å². The van der Waals surface area contributed by atoms with Crippen LogP contribution in [0, 0.1) is 6.92 Å². The molecule has 162 valence electrons. The molecule has 0 heterocycles. The molecule has 0 aromatic heterocycles. The van der Waals surface area contributed by atoms with Crippen molar-refractivity contribution in [3.63, 3.8) is 0 Å². The van der Waals surface area contributed by atoms with E-state index in [4.69, 9.17) is 16.3 Å². The molecule has 7 nitrogen and oxygen atoms in total. The smallest absolute Gasteiger partial charge is 0.345 e. The molecule has 32 heavy (non-hydrogen) atoms. The van der Waals surface area contributed by atoms with E-state index in [9.17, 15) is 14.4 Å². The molecule has 3 rings (SSSR count). The van der Waals surface area contributed by atoms with Gasteiger partial charge in [0.15, 0.2) is 0 Å². The summed E-state index contributed by atoms with van der Waals surface area (Å²) in [5, 5.41) is 6.70. The summed E-state index contributed by atoms with van der Waals surface area (Å²) in [4.78, 5) is 36.1. The van der Waals surface area contributed by atoms with Crippen molar-refractivity contribution in [2.24, 2.45) is 5.10 Å². The maximum absolute atomic E-state index is 12.2. The summed E-state index contributed by atoms with van der Waals surface area (Å²) in [5.74, 6) is -1.02. The fourth-order valence-electron chi connectivity index (χ4n) is 2.68. The second-order valence-electron chi connectivity index (χ2n) is 6.78. The van der Waals surface area contributed by atoms with Crippen molar-refractivity contribution >= 4 is 35.6 Å². The van der Waals surface area contributed by atoms with E-state index in [2.05, 4.69) is 15.8 Å². The lowest BCUT2D eigenvalue weighted by Crippen LogP contribution is -2.34. The van der Waals surface area contributed by atoms with E-state index in [0.29, 0.717) is 21.9 Å². The normalized spacial score (nSPS) is 10.6. The van der Waals surface area contributed by atoms with Gasteiger partial charge in [0.05, 0.1) is 23.3 Å². The van der Waals surface area contributed by atoms with Gasteiger partial charge in [0, 0.05) is 5.56 Å². The maximum Gasteiger partial charge on any atom is 0.345 e. The molecule has 3 aromatic carbocycles. The number of carbonyl (C=O) groups excluding carboxylic acids is 3. The van der Waals surface area contributed by atoms with E-state index in [1.807, 2.05) is 13.0 Å². The summed E-state index contributed by atoms with van der Waals surface area (Å²) in [7, 11) is 0. The quantitative estimate of drug-likeness (QED) is 0.248. The molecule has 2 N–H and O–H groups in total. The molecule has 0 aliphatic carbocycles. The van der Waals surface area contributed by atoms with Crippen molar-refractivity contribution in [2.75, 3.05) is 6.54 Å². The topological polar surface area (TPSA) is 96.9 Å². The highest BCUT2D eigenvalue weighted by Gasteiger charge is 2.12. The number of rotatable bonds is 7. The van der Waals surface area contributed by atoms with Crippen LogP contribution < -0.4 is 15.5 Å². The summed E-state index contributed by atoms with van der Waals surface area (Å²) in [6, 6.07) is 20.2. The number of ether oxygens (including phenoxy) is 1. The Morgan fingerprint density at radius 1 is 1.00 bits per heavy atom. The number of amides is 2.